The molecule has 1 aliphatic carbocycles. The summed E-state index contributed by atoms with van der Waals surface area (Å²) in [5, 5.41) is 2.65. The molecule has 1 fully saturated rings. The molecule has 1 saturated carbocycles. The minimum Gasteiger partial charge on any atom is -0.446 e. The van der Waals surface area contributed by atoms with E-state index < -0.39 is 0 Å². The second-order valence-corrected chi connectivity index (χ2v) is 3.83. The Morgan fingerprint density at radius 1 is 1.54 bits per heavy atom. The smallest absolute Gasteiger partial charge is 0.407 e. The Hall–Kier alpha value is -0.730. The van der Waals surface area contributed by atoms with Gasteiger partial charge in [0, 0.05) is 6.54 Å². The molecule has 0 heterocycles. The second kappa shape index (κ2) is 5.10. The fourth-order valence-corrected chi connectivity index (χ4v) is 1.82. The topological polar surface area (TPSA) is 38.3 Å². The lowest BCUT2D eigenvalue weighted by atomic mass is 9.89. The molecule has 1 aliphatic rings. The van der Waals surface area contributed by atoms with Gasteiger partial charge in [-0.15, -0.1) is 0 Å². The molecule has 1 N–H and O–H groups in total. The Bertz CT molecular complexity index is 170. The SMILES string of the molecule is CCNC(=O)OC1CCCC(C)C1. The Morgan fingerprint density at radius 2 is 2.31 bits per heavy atom. The van der Waals surface area contributed by atoms with Gasteiger partial charge in [-0.25, -0.2) is 4.79 Å². The zero-order valence-corrected chi connectivity index (χ0v) is 8.51. The number of amides is 1. The molecule has 0 aromatic rings. The van der Waals surface area contributed by atoms with Gasteiger partial charge in [-0.05, 0) is 32.1 Å². The molecule has 0 radical (unpaired) electrons. The summed E-state index contributed by atoms with van der Waals surface area (Å²) in [7, 11) is 0. The third-order valence-corrected chi connectivity index (χ3v) is 2.48. The van der Waals surface area contributed by atoms with Gasteiger partial charge in [-0.1, -0.05) is 13.3 Å². The van der Waals surface area contributed by atoms with Crippen molar-refractivity contribution in [3.05, 3.63) is 0 Å². The van der Waals surface area contributed by atoms with Crippen LogP contribution in [0.4, 0.5) is 4.79 Å². The van der Waals surface area contributed by atoms with E-state index in [0.29, 0.717) is 12.5 Å². The monoisotopic (exact) mass is 185 g/mol. The van der Waals surface area contributed by atoms with Crippen molar-refractivity contribution in [2.24, 2.45) is 5.92 Å². The van der Waals surface area contributed by atoms with Gasteiger partial charge in [0.25, 0.3) is 0 Å². The molecule has 76 valence electrons. The summed E-state index contributed by atoms with van der Waals surface area (Å²) in [6, 6.07) is 0. The summed E-state index contributed by atoms with van der Waals surface area (Å²) < 4.78 is 5.25. The molecule has 2 unspecified atom stereocenters. The molecule has 0 aromatic heterocycles. The molecule has 0 aliphatic heterocycles. The van der Waals surface area contributed by atoms with Crippen molar-refractivity contribution >= 4 is 6.09 Å². The van der Waals surface area contributed by atoms with E-state index in [1.54, 1.807) is 0 Å². The van der Waals surface area contributed by atoms with Crippen LogP contribution >= 0.6 is 0 Å². The van der Waals surface area contributed by atoms with Crippen LogP contribution in [0.15, 0.2) is 0 Å². The molecule has 3 heteroatoms. The number of rotatable bonds is 2. The van der Waals surface area contributed by atoms with E-state index in [-0.39, 0.29) is 12.2 Å². The molecule has 13 heavy (non-hydrogen) atoms. The molecule has 0 aromatic carbocycles. The lowest BCUT2D eigenvalue weighted by molar-refractivity contribution is 0.0628. The largest absolute Gasteiger partial charge is 0.446 e. The first kappa shape index (κ1) is 10.4. The van der Waals surface area contributed by atoms with Crippen molar-refractivity contribution in [2.45, 2.75) is 45.6 Å². The van der Waals surface area contributed by atoms with E-state index in [2.05, 4.69) is 12.2 Å². The lowest BCUT2D eigenvalue weighted by Crippen LogP contribution is -2.31. The molecular weight excluding hydrogens is 166 g/mol. The molecular formula is C10H19NO2. The van der Waals surface area contributed by atoms with E-state index in [9.17, 15) is 4.79 Å². The first-order valence-corrected chi connectivity index (χ1v) is 5.16. The van der Waals surface area contributed by atoms with E-state index in [1.165, 1.54) is 12.8 Å². The van der Waals surface area contributed by atoms with E-state index in [1.807, 2.05) is 6.92 Å². The standard InChI is InChI=1S/C10H19NO2/c1-3-11-10(12)13-9-6-4-5-8(2)7-9/h8-9H,3-7H2,1-2H3,(H,11,12). The van der Waals surface area contributed by atoms with Crippen LogP contribution in [0.1, 0.15) is 39.5 Å². The average molecular weight is 185 g/mol. The highest BCUT2D eigenvalue weighted by molar-refractivity contribution is 5.67. The quantitative estimate of drug-likeness (QED) is 0.717. The molecule has 1 amide bonds. The van der Waals surface area contributed by atoms with Gasteiger partial charge in [0.1, 0.15) is 6.10 Å². The van der Waals surface area contributed by atoms with Crippen LogP contribution in [0, 0.1) is 5.92 Å². The predicted octanol–water partition coefficient (Wildman–Crippen LogP) is 2.31. The van der Waals surface area contributed by atoms with E-state index in [0.717, 1.165) is 12.8 Å². The second-order valence-electron chi connectivity index (χ2n) is 3.83. The number of carbonyl (C=O) groups excluding carboxylic acids is 1. The van der Waals surface area contributed by atoms with Crippen molar-refractivity contribution in [2.75, 3.05) is 6.54 Å². The minimum atomic E-state index is -0.262. The fourth-order valence-electron chi connectivity index (χ4n) is 1.82. The maximum Gasteiger partial charge on any atom is 0.407 e. The normalized spacial score (nSPS) is 28.2. The third kappa shape index (κ3) is 3.66. The summed E-state index contributed by atoms with van der Waals surface area (Å²) >= 11 is 0. The Balaban J connectivity index is 2.23. The maximum absolute atomic E-state index is 11.1. The van der Waals surface area contributed by atoms with Gasteiger partial charge in [-0.2, -0.15) is 0 Å². The van der Waals surface area contributed by atoms with Crippen LogP contribution in [0.25, 0.3) is 0 Å². The molecule has 2 atom stereocenters. The van der Waals surface area contributed by atoms with Crippen LogP contribution in [-0.2, 0) is 4.74 Å². The van der Waals surface area contributed by atoms with Crippen LogP contribution in [0.3, 0.4) is 0 Å². The highest BCUT2D eigenvalue weighted by Crippen LogP contribution is 2.25. The summed E-state index contributed by atoms with van der Waals surface area (Å²) in [4.78, 5) is 11.1. The highest BCUT2D eigenvalue weighted by atomic mass is 16.6. The molecule has 3 nitrogen and oxygen atoms in total. The van der Waals surface area contributed by atoms with Crippen LogP contribution in [0.2, 0.25) is 0 Å². The summed E-state index contributed by atoms with van der Waals surface area (Å²) in [6.45, 7) is 4.75. The minimum absolute atomic E-state index is 0.148. The van der Waals surface area contributed by atoms with Gasteiger partial charge in [0.05, 0.1) is 0 Å². The number of hydrogen-bond acceptors (Lipinski definition) is 2. The van der Waals surface area contributed by atoms with Gasteiger partial charge in [0.2, 0.25) is 0 Å². The molecule has 0 spiro atoms. The van der Waals surface area contributed by atoms with Gasteiger partial charge < -0.3 is 10.1 Å². The van der Waals surface area contributed by atoms with Gasteiger partial charge in [0.15, 0.2) is 0 Å². The Labute approximate surface area is 79.8 Å². The van der Waals surface area contributed by atoms with Crippen molar-refractivity contribution in [1.82, 2.24) is 5.32 Å². The maximum atomic E-state index is 11.1. The molecule has 1 rings (SSSR count). The summed E-state index contributed by atoms with van der Waals surface area (Å²) in [5.74, 6) is 0.702. The third-order valence-electron chi connectivity index (χ3n) is 2.48. The Kier molecular flexibility index (Phi) is 4.06. The zero-order valence-electron chi connectivity index (χ0n) is 8.51. The van der Waals surface area contributed by atoms with Crippen LogP contribution in [-0.4, -0.2) is 18.7 Å². The van der Waals surface area contributed by atoms with Gasteiger partial charge >= 0.3 is 6.09 Å². The number of alkyl carbamates (subject to hydrolysis) is 1. The first-order valence-electron chi connectivity index (χ1n) is 5.16. The van der Waals surface area contributed by atoms with Crippen molar-refractivity contribution in [3.63, 3.8) is 0 Å². The van der Waals surface area contributed by atoms with Crippen LogP contribution < -0.4 is 5.32 Å². The molecule has 0 saturated heterocycles. The first-order chi connectivity index (χ1) is 6.22. The van der Waals surface area contributed by atoms with Crippen molar-refractivity contribution < 1.29 is 9.53 Å². The lowest BCUT2D eigenvalue weighted by Gasteiger charge is -2.26. The van der Waals surface area contributed by atoms with Crippen LogP contribution in [0.5, 0.6) is 0 Å². The van der Waals surface area contributed by atoms with Gasteiger partial charge in [-0.3, -0.25) is 0 Å². The highest BCUT2D eigenvalue weighted by Gasteiger charge is 2.21. The number of nitrogens with one attached hydrogen (secondary N) is 1. The number of carbonyl (C=O) groups is 1. The van der Waals surface area contributed by atoms with Crippen molar-refractivity contribution in [1.29, 1.82) is 0 Å². The number of hydrogen-bond donors (Lipinski definition) is 1. The summed E-state index contributed by atoms with van der Waals surface area (Å²) in [6.07, 6.45) is 4.40. The van der Waals surface area contributed by atoms with Crippen molar-refractivity contribution in [3.8, 4) is 0 Å². The fraction of sp³-hybridized carbons (Fsp3) is 0.900. The predicted molar refractivity (Wildman–Crippen MR) is 51.6 cm³/mol. The summed E-state index contributed by atoms with van der Waals surface area (Å²) in [5.41, 5.74) is 0. The van der Waals surface area contributed by atoms with E-state index >= 15 is 0 Å². The average Bonchev–Trinajstić information content (AvgIpc) is 2.04. The number of ether oxygens (including phenoxy) is 1. The Morgan fingerprint density at radius 3 is 2.92 bits per heavy atom. The zero-order chi connectivity index (χ0) is 9.68. The molecule has 0 bridgehead atoms. The van der Waals surface area contributed by atoms with E-state index in [4.69, 9.17) is 4.74 Å².